The van der Waals surface area contributed by atoms with Crippen molar-refractivity contribution in [3.8, 4) is 0 Å². The lowest BCUT2D eigenvalue weighted by Gasteiger charge is -2.13. The molecule has 4 amide bonds. The number of hydrogen-bond acceptors (Lipinski definition) is 7. The van der Waals surface area contributed by atoms with Crippen molar-refractivity contribution in [2.75, 3.05) is 19.0 Å². The first-order chi connectivity index (χ1) is 14.8. The van der Waals surface area contributed by atoms with Crippen molar-refractivity contribution in [1.82, 2.24) is 4.90 Å². The maximum absolute atomic E-state index is 12.5. The average molecular weight is 441 g/mol. The molecule has 0 aromatic heterocycles. The molecular weight excluding hydrogens is 422 g/mol. The molecule has 10 heteroatoms. The second kappa shape index (κ2) is 9.43. The van der Waals surface area contributed by atoms with Gasteiger partial charge in [-0.25, -0.2) is 4.79 Å². The molecule has 1 unspecified atom stereocenters. The number of imide groups is 1. The van der Waals surface area contributed by atoms with Crippen LogP contribution in [0.1, 0.15) is 27.1 Å². The molecule has 1 heterocycles. The molecule has 1 fully saturated rings. The molecule has 0 bridgehead atoms. The fraction of sp³-hybridized carbons (Fsp3) is 0.190. The van der Waals surface area contributed by atoms with Crippen molar-refractivity contribution in [1.29, 1.82) is 0 Å². The molecule has 1 aliphatic heterocycles. The largest absolute Gasteiger partial charge is 0.452 e. The zero-order valence-corrected chi connectivity index (χ0v) is 17.3. The zero-order chi connectivity index (χ0) is 22.5. The van der Waals surface area contributed by atoms with Crippen LogP contribution in [-0.4, -0.2) is 53.4 Å². The van der Waals surface area contributed by atoms with Crippen LogP contribution in [0, 0.1) is 0 Å². The lowest BCUT2D eigenvalue weighted by atomic mass is 10.1. The number of anilines is 1. The summed E-state index contributed by atoms with van der Waals surface area (Å²) in [5, 5.41) is 1.85. The minimum Gasteiger partial charge on any atom is -0.452 e. The van der Waals surface area contributed by atoms with E-state index in [4.69, 9.17) is 10.5 Å². The summed E-state index contributed by atoms with van der Waals surface area (Å²) in [7, 11) is 1.42. The second-order valence-electron chi connectivity index (χ2n) is 6.63. The number of para-hydroxylation sites is 1. The highest BCUT2D eigenvalue weighted by Crippen LogP contribution is 2.33. The van der Waals surface area contributed by atoms with E-state index >= 15 is 0 Å². The quantitative estimate of drug-likeness (QED) is 0.490. The molecule has 3 N–H and O–H groups in total. The molecule has 3 rings (SSSR count). The summed E-state index contributed by atoms with van der Waals surface area (Å²) in [6.45, 7) is -0.589. The van der Waals surface area contributed by atoms with Gasteiger partial charge in [0.05, 0.1) is 22.1 Å². The first kappa shape index (κ1) is 22.0. The maximum atomic E-state index is 12.5. The molecule has 1 aliphatic rings. The van der Waals surface area contributed by atoms with Crippen LogP contribution in [0.5, 0.6) is 0 Å². The SMILES string of the molecule is CN1C(=O)CC(Sc2ccccc2C(=O)OCC(=O)Nc2ccccc2C(N)=O)C1=O. The van der Waals surface area contributed by atoms with Crippen LogP contribution >= 0.6 is 11.8 Å². The van der Waals surface area contributed by atoms with Crippen molar-refractivity contribution in [3.63, 3.8) is 0 Å². The van der Waals surface area contributed by atoms with Gasteiger partial charge in [-0.1, -0.05) is 24.3 Å². The fourth-order valence-corrected chi connectivity index (χ4v) is 4.13. The predicted molar refractivity (Wildman–Crippen MR) is 112 cm³/mol. The van der Waals surface area contributed by atoms with Gasteiger partial charge < -0.3 is 15.8 Å². The van der Waals surface area contributed by atoms with Gasteiger partial charge in [0.15, 0.2) is 6.61 Å². The van der Waals surface area contributed by atoms with Gasteiger partial charge in [0.25, 0.3) is 11.8 Å². The first-order valence-electron chi connectivity index (χ1n) is 9.20. The van der Waals surface area contributed by atoms with Crippen LogP contribution < -0.4 is 11.1 Å². The van der Waals surface area contributed by atoms with E-state index in [0.29, 0.717) is 4.90 Å². The molecule has 0 aliphatic carbocycles. The number of thioether (sulfide) groups is 1. The lowest BCUT2D eigenvalue weighted by Crippen LogP contribution is -2.26. The molecule has 1 atom stereocenters. The summed E-state index contributed by atoms with van der Waals surface area (Å²) >= 11 is 1.10. The minimum atomic E-state index is -0.758. The average Bonchev–Trinajstić information content (AvgIpc) is 2.99. The normalized spacial score (nSPS) is 15.6. The van der Waals surface area contributed by atoms with Gasteiger partial charge in [-0.2, -0.15) is 0 Å². The Labute approximate surface area is 181 Å². The van der Waals surface area contributed by atoms with E-state index in [-0.39, 0.29) is 35.0 Å². The summed E-state index contributed by atoms with van der Waals surface area (Å²) in [5.41, 5.74) is 5.79. The number of likely N-dealkylation sites (tertiary alicyclic amines) is 1. The molecular formula is C21H19N3O6S. The molecule has 160 valence electrons. The van der Waals surface area contributed by atoms with Crippen LogP contribution in [0.2, 0.25) is 0 Å². The van der Waals surface area contributed by atoms with Crippen molar-refractivity contribution in [2.45, 2.75) is 16.6 Å². The highest BCUT2D eigenvalue weighted by molar-refractivity contribution is 8.00. The van der Waals surface area contributed by atoms with E-state index in [0.717, 1.165) is 16.7 Å². The monoisotopic (exact) mass is 441 g/mol. The Morgan fingerprint density at radius 3 is 2.39 bits per heavy atom. The van der Waals surface area contributed by atoms with Crippen LogP contribution in [0.15, 0.2) is 53.4 Å². The third-order valence-corrected chi connectivity index (χ3v) is 5.78. The molecule has 0 radical (unpaired) electrons. The number of carbonyl (C=O) groups excluding carboxylic acids is 5. The number of nitrogens with one attached hydrogen (secondary N) is 1. The number of primary amides is 1. The number of benzene rings is 2. The van der Waals surface area contributed by atoms with Crippen molar-refractivity contribution in [2.24, 2.45) is 5.73 Å². The van der Waals surface area contributed by atoms with Crippen LogP contribution in [0.25, 0.3) is 0 Å². The Morgan fingerprint density at radius 1 is 1.10 bits per heavy atom. The summed E-state index contributed by atoms with van der Waals surface area (Å²) in [5.74, 6) is -2.72. The van der Waals surface area contributed by atoms with Gasteiger partial charge in [-0.3, -0.25) is 24.1 Å². The highest BCUT2D eigenvalue weighted by Gasteiger charge is 2.37. The Hall–Kier alpha value is -3.66. The van der Waals surface area contributed by atoms with E-state index < -0.39 is 29.6 Å². The fourth-order valence-electron chi connectivity index (χ4n) is 2.91. The number of amides is 4. The standard InChI is InChI=1S/C21H19N3O6S/c1-24-18(26)10-16(20(24)28)31-15-9-5-3-7-13(15)21(29)30-11-17(25)23-14-8-4-2-6-12(14)19(22)27/h2-9,16H,10-11H2,1H3,(H2,22,27)(H,23,25). The molecule has 2 aromatic rings. The number of nitrogens with zero attached hydrogens (tertiary/aromatic N) is 1. The second-order valence-corrected chi connectivity index (χ2v) is 7.88. The number of ether oxygens (including phenoxy) is 1. The Balaban J connectivity index is 1.64. The van der Waals surface area contributed by atoms with E-state index in [9.17, 15) is 24.0 Å². The molecule has 31 heavy (non-hydrogen) atoms. The highest BCUT2D eigenvalue weighted by atomic mass is 32.2. The van der Waals surface area contributed by atoms with Gasteiger partial charge in [-0.05, 0) is 24.3 Å². The molecule has 0 spiro atoms. The van der Waals surface area contributed by atoms with Crippen LogP contribution in [-0.2, 0) is 19.1 Å². The molecule has 0 saturated carbocycles. The Bertz CT molecular complexity index is 1070. The van der Waals surface area contributed by atoms with Gasteiger partial charge >= 0.3 is 5.97 Å². The van der Waals surface area contributed by atoms with E-state index in [1.807, 2.05) is 0 Å². The minimum absolute atomic E-state index is 0.0467. The number of nitrogens with two attached hydrogens (primary N) is 1. The third kappa shape index (κ3) is 5.10. The van der Waals surface area contributed by atoms with E-state index in [2.05, 4.69) is 5.32 Å². The number of carbonyl (C=O) groups is 5. The number of esters is 1. The first-order valence-corrected chi connectivity index (χ1v) is 10.1. The smallest absolute Gasteiger partial charge is 0.339 e. The lowest BCUT2D eigenvalue weighted by molar-refractivity contribution is -0.136. The van der Waals surface area contributed by atoms with Gasteiger partial charge in [0, 0.05) is 18.4 Å². The Kier molecular flexibility index (Phi) is 6.71. The third-order valence-electron chi connectivity index (χ3n) is 4.52. The topological polar surface area (TPSA) is 136 Å². The van der Waals surface area contributed by atoms with E-state index in [1.54, 1.807) is 30.3 Å². The molecule has 1 saturated heterocycles. The van der Waals surface area contributed by atoms with Gasteiger partial charge in [-0.15, -0.1) is 11.8 Å². The van der Waals surface area contributed by atoms with Crippen LogP contribution in [0.4, 0.5) is 5.69 Å². The zero-order valence-electron chi connectivity index (χ0n) is 16.5. The van der Waals surface area contributed by atoms with Crippen molar-refractivity contribution >= 4 is 47.0 Å². The Morgan fingerprint density at radius 2 is 1.74 bits per heavy atom. The van der Waals surface area contributed by atoms with E-state index in [1.165, 1.54) is 25.2 Å². The van der Waals surface area contributed by atoms with Crippen molar-refractivity contribution in [3.05, 3.63) is 59.7 Å². The number of rotatable bonds is 7. The number of hydrogen-bond donors (Lipinski definition) is 2. The van der Waals surface area contributed by atoms with Gasteiger partial charge in [0.1, 0.15) is 0 Å². The predicted octanol–water partition coefficient (Wildman–Crippen LogP) is 1.43. The summed E-state index contributed by atoms with van der Waals surface area (Å²) in [6, 6.07) is 12.6. The van der Waals surface area contributed by atoms with Crippen LogP contribution in [0.3, 0.4) is 0 Å². The summed E-state index contributed by atoms with van der Waals surface area (Å²) in [6.07, 6.45) is 0.0467. The maximum Gasteiger partial charge on any atom is 0.339 e. The summed E-state index contributed by atoms with van der Waals surface area (Å²) in [4.78, 5) is 61.5. The summed E-state index contributed by atoms with van der Waals surface area (Å²) < 4.78 is 5.09. The molecule has 9 nitrogen and oxygen atoms in total. The van der Waals surface area contributed by atoms with Crippen molar-refractivity contribution < 1.29 is 28.7 Å². The van der Waals surface area contributed by atoms with Gasteiger partial charge in [0.2, 0.25) is 11.8 Å². The molecule has 2 aromatic carbocycles.